The average Bonchev–Trinajstić information content (AvgIpc) is 2.29. The Hall–Kier alpha value is -1.51. The van der Waals surface area contributed by atoms with Gasteiger partial charge in [-0.1, -0.05) is 25.1 Å². The van der Waals surface area contributed by atoms with Crippen molar-refractivity contribution in [3.05, 3.63) is 30.3 Å². The minimum absolute atomic E-state index is 0.0306. The third-order valence-electron chi connectivity index (χ3n) is 3.67. The van der Waals surface area contributed by atoms with Crippen molar-refractivity contribution in [1.29, 1.82) is 0 Å². The number of aliphatic carboxylic acids is 1. The number of para-hydroxylation sites is 1. The zero-order chi connectivity index (χ0) is 12.3. The standard InChI is InChI=1S/C14H19NO2/c1-14(11-13(16)17)7-9-15(10-8-14)12-5-3-2-4-6-12/h2-6H,7-11H2,1H3,(H,16,17). The van der Waals surface area contributed by atoms with Gasteiger partial charge in [0.15, 0.2) is 0 Å². The first kappa shape index (κ1) is 12.0. The summed E-state index contributed by atoms with van der Waals surface area (Å²) in [6.45, 7) is 3.99. The summed E-state index contributed by atoms with van der Waals surface area (Å²) in [7, 11) is 0. The SMILES string of the molecule is CC1(CC(=O)O)CCN(c2ccccc2)CC1. The molecule has 2 rings (SSSR count). The first-order valence-corrected chi connectivity index (χ1v) is 6.11. The van der Waals surface area contributed by atoms with Crippen molar-refractivity contribution >= 4 is 11.7 Å². The number of rotatable bonds is 3. The molecule has 1 aliphatic heterocycles. The maximum absolute atomic E-state index is 10.8. The van der Waals surface area contributed by atoms with Crippen LogP contribution in [0.2, 0.25) is 0 Å². The summed E-state index contributed by atoms with van der Waals surface area (Å²) >= 11 is 0. The van der Waals surface area contributed by atoms with E-state index in [9.17, 15) is 4.79 Å². The molecule has 0 radical (unpaired) electrons. The molecule has 0 aromatic heterocycles. The van der Waals surface area contributed by atoms with Crippen molar-refractivity contribution in [3.8, 4) is 0 Å². The van der Waals surface area contributed by atoms with Crippen LogP contribution in [0.1, 0.15) is 26.2 Å². The number of benzene rings is 1. The van der Waals surface area contributed by atoms with E-state index in [-0.39, 0.29) is 11.8 Å². The second-order valence-electron chi connectivity index (χ2n) is 5.20. The van der Waals surface area contributed by atoms with Crippen LogP contribution in [0, 0.1) is 5.41 Å². The molecule has 0 atom stereocenters. The second-order valence-corrected chi connectivity index (χ2v) is 5.20. The monoisotopic (exact) mass is 233 g/mol. The summed E-state index contributed by atoms with van der Waals surface area (Å²) in [5.41, 5.74) is 1.21. The molecule has 1 N–H and O–H groups in total. The van der Waals surface area contributed by atoms with E-state index in [0.29, 0.717) is 0 Å². The van der Waals surface area contributed by atoms with E-state index < -0.39 is 5.97 Å². The molecule has 1 saturated heterocycles. The first-order chi connectivity index (χ1) is 8.09. The Kier molecular flexibility index (Phi) is 3.36. The third-order valence-corrected chi connectivity index (χ3v) is 3.67. The minimum atomic E-state index is -0.680. The lowest BCUT2D eigenvalue weighted by Gasteiger charge is -2.39. The highest BCUT2D eigenvalue weighted by molar-refractivity contribution is 5.67. The van der Waals surface area contributed by atoms with Gasteiger partial charge >= 0.3 is 5.97 Å². The van der Waals surface area contributed by atoms with Crippen molar-refractivity contribution in [1.82, 2.24) is 0 Å². The van der Waals surface area contributed by atoms with Crippen molar-refractivity contribution in [2.24, 2.45) is 5.41 Å². The van der Waals surface area contributed by atoms with E-state index in [1.165, 1.54) is 5.69 Å². The fourth-order valence-electron chi connectivity index (χ4n) is 2.49. The van der Waals surface area contributed by atoms with E-state index in [1.54, 1.807) is 0 Å². The van der Waals surface area contributed by atoms with Gasteiger partial charge in [-0.15, -0.1) is 0 Å². The summed E-state index contributed by atoms with van der Waals surface area (Å²) in [5, 5.41) is 8.90. The van der Waals surface area contributed by atoms with E-state index in [4.69, 9.17) is 5.11 Å². The molecular weight excluding hydrogens is 214 g/mol. The Balaban J connectivity index is 1.96. The van der Waals surface area contributed by atoms with Gasteiger partial charge in [0.25, 0.3) is 0 Å². The van der Waals surface area contributed by atoms with E-state index in [2.05, 4.69) is 24.0 Å². The first-order valence-electron chi connectivity index (χ1n) is 6.11. The number of carboxylic acids is 1. The molecule has 0 saturated carbocycles. The fourth-order valence-corrected chi connectivity index (χ4v) is 2.49. The van der Waals surface area contributed by atoms with Gasteiger partial charge in [-0.2, -0.15) is 0 Å². The van der Waals surface area contributed by atoms with Crippen LogP contribution in [0.15, 0.2) is 30.3 Å². The molecule has 0 unspecified atom stereocenters. The van der Waals surface area contributed by atoms with E-state index in [1.807, 2.05) is 18.2 Å². The topological polar surface area (TPSA) is 40.5 Å². The smallest absolute Gasteiger partial charge is 0.303 e. The molecule has 1 fully saturated rings. The maximum atomic E-state index is 10.8. The van der Waals surface area contributed by atoms with Gasteiger partial charge in [0, 0.05) is 18.8 Å². The quantitative estimate of drug-likeness (QED) is 0.872. The van der Waals surface area contributed by atoms with Crippen LogP contribution >= 0.6 is 0 Å². The van der Waals surface area contributed by atoms with Gasteiger partial charge in [-0.05, 0) is 30.4 Å². The van der Waals surface area contributed by atoms with Gasteiger partial charge in [0.1, 0.15) is 0 Å². The Morgan fingerprint density at radius 2 is 1.88 bits per heavy atom. The van der Waals surface area contributed by atoms with Crippen molar-refractivity contribution in [2.45, 2.75) is 26.2 Å². The number of hydrogen-bond donors (Lipinski definition) is 1. The molecule has 0 spiro atoms. The van der Waals surface area contributed by atoms with Crippen LogP contribution in [-0.2, 0) is 4.79 Å². The lowest BCUT2D eigenvalue weighted by atomic mass is 9.77. The lowest BCUT2D eigenvalue weighted by Crippen LogP contribution is -2.39. The Morgan fingerprint density at radius 1 is 1.29 bits per heavy atom. The molecule has 1 aliphatic rings. The normalized spacial score (nSPS) is 19.0. The summed E-state index contributed by atoms with van der Waals surface area (Å²) in [5.74, 6) is -0.680. The van der Waals surface area contributed by atoms with Gasteiger partial charge in [-0.3, -0.25) is 4.79 Å². The summed E-state index contributed by atoms with van der Waals surface area (Å²) in [6, 6.07) is 10.3. The molecule has 1 aromatic carbocycles. The molecule has 1 heterocycles. The molecule has 92 valence electrons. The second kappa shape index (κ2) is 4.78. The molecule has 0 bridgehead atoms. The maximum Gasteiger partial charge on any atom is 0.303 e. The molecule has 1 aromatic rings. The third kappa shape index (κ3) is 2.99. The Morgan fingerprint density at radius 3 is 2.41 bits per heavy atom. The zero-order valence-corrected chi connectivity index (χ0v) is 10.2. The highest BCUT2D eigenvalue weighted by atomic mass is 16.4. The summed E-state index contributed by atoms with van der Waals surface area (Å²) in [6.07, 6.45) is 2.19. The number of carboxylic acid groups (broad SMARTS) is 1. The zero-order valence-electron chi connectivity index (χ0n) is 10.2. The van der Waals surface area contributed by atoms with Gasteiger partial charge in [0.2, 0.25) is 0 Å². The number of anilines is 1. The van der Waals surface area contributed by atoms with E-state index in [0.717, 1.165) is 25.9 Å². The predicted molar refractivity (Wildman–Crippen MR) is 68.2 cm³/mol. The molecule has 3 heteroatoms. The van der Waals surface area contributed by atoms with Crippen LogP contribution in [0.4, 0.5) is 5.69 Å². The number of carbonyl (C=O) groups is 1. The Bertz CT molecular complexity index is 380. The van der Waals surface area contributed by atoms with Crippen LogP contribution in [0.3, 0.4) is 0 Å². The van der Waals surface area contributed by atoms with Crippen molar-refractivity contribution < 1.29 is 9.90 Å². The lowest BCUT2D eigenvalue weighted by molar-refractivity contribution is -0.139. The molecule has 0 amide bonds. The number of hydrogen-bond acceptors (Lipinski definition) is 2. The minimum Gasteiger partial charge on any atom is -0.481 e. The average molecular weight is 233 g/mol. The highest BCUT2D eigenvalue weighted by Gasteiger charge is 2.32. The van der Waals surface area contributed by atoms with E-state index >= 15 is 0 Å². The van der Waals surface area contributed by atoms with Crippen LogP contribution in [-0.4, -0.2) is 24.2 Å². The van der Waals surface area contributed by atoms with Crippen molar-refractivity contribution in [3.63, 3.8) is 0 Å². The van der Waals surface area contributed by atoms with Crippen LogP contribution in [0.5, 0.6) is 0 Å². The molecule has 0 aliphatic carbocycles. The fraction of sp³-hybridized carbons (Fsp3) is 0.500. The highest BCUT2D eigenvalue weighted by Crippen LogP contribution is 2.35. The van der Waals surface area contributed by atoms with Gasteiger partial charge in [-0.25, -0.2) is 0 Å². The van der Waals surface area contributed by atoms with Gasteiger partial charge < -0.3 is 10.0 Å². The Labute approximate surface area is 102 Å². The predicted octanol–water partition coefficient (Wildman–Crippen LogP) is 2.77. The molecule has 3 nitrogen and oxygen atoms in total. The van der Waals surface area contributed by atoms with Crippen molar-refractivity contribution in [2.75, 3.05) is 18.0 Å². The summed E-state index contributed by atoms with van der Waals surface area (Å²) in [4.78, 5) is 13.1. The molecular formula is C14H19NO2. The van der Waals surface area contributed by atoms with Crippen LogP contribution < -0.4 is 4.90 Å². The largest absolute Gasteiger partial charge is 0.481 e. The number of nitrogens with zero attached hydrogens (tertiary/aromatic N) is 1. The molecule has 17 heavy (non-hydrogen) atoms. The summed E-state index contributed by atoms with van der Waals surface area (Å²) < 4.78 is 0. The van der Waals surface area contributed by atoms with Crippen LogP contribution in [0.25, 0.3) is 0 Å². The number of piperidine rings is 1. The van der Waals surface area contributed by atoms with Gasteiger partial charge in [0.05, 0.1) is 6.42 Å².